The second kappa shape index (κ2) is 7.58. The molecule has 2 N–H and O–H groups in total. The summed E-state index contributed by atoms with van der Waals surface area (Å²) in [7, 11) is -3.86. The van der Waals surface area contributed by atoms with Crippen LogP contribution in [0.1, 0.15) is 44.7 Å². The van der Waals surface area contributed by atoms with Crippen LogP contribution in [0.3, 0.4) is 0 Å². The first-order valence-corrected chi connectivity index (χ1v) is 9.90. The summed E-state index contributed by atoms with van der Waals surface area (Å²) in [5.74, 6) is 0. The fourth-order valence-electron chi connectivity index (χ4n) is 2.55. The number of sulfonamides is 1. The summed E-state index contributed by atoms with van der Waals surface area (Å²) >= 11 is 0. The normalized spacial score (nSPS) is 17.0. The van der Waals surface area contributed by atoms with E-state index < -0.39 is 22.2 Å². The molecule has 1 saturated heterocycles. The van der Waals surface area contributed by atoms with Crippen LogP contribution in [0.5, 0.6) is 0 Å². The minimum atomic E-state index is -3.86. The molecular weight excluding hydrogens is 340 g/mol. The molecule has 0 aromatic heterocycles. The first kappa shape index (κ1) is 19.5. The van der Waals surface area contributed by atoms with Crippen molar-refractivity contribution < 1.29 is 18.3 Å². The van der Waals surface area contributed by atoms with Crippen LogP contribution in [0.2, 0.25) is 0 Å². The summed E-state index contributed by atoms with van der Waals surface area (Å²) in [6, 6.07) is 6.97. The van der Waals surface area contributed by atoms with Gasteiger partial charge in [-0.25, -0.2) is 17.9 Å². The Labute approximate surface area is 149 Å². The van der Waals surface area contributed by atoms with Crippen LogP contribution in [-0.4, -0.2) is 43.6 Å². The van der Waals surface area contributed by atoms with Gasteiger partial charge in [0, 0.05) is 13.1 Å². The average Bonchev–Trinajstić information content (AvgIpc) is 2.53. The third-order valence-corrected chi connectivity index (χ3v) is 5.15. The lowest BCUT2D eigenvalue weighted by Crippen LogP contribution is -2.46. The van der Waals surface area contributed by atoms with E-state index in [4.69, 9.17) is 0 Å². The van der Waals surface area contributed by atoms with E-state index in [1.54, 1.807) is 0 Å². The Kier molecular flexibility index (Phi) is 5.90. The standard InChI is InChI=1S/C18H26N2O4S/c1-18(2,3)15-6-4-14(5-7-15)10-13-25(23,24)19-17(22)20-11-8-16(21)9-12-20/h4-7,10,13,16,21H,8-9,11-12H2,1-3H3,(H,19,22). The molecule has 0 saturated carbocycles. The zero-order chi connectivity index (χ0) is 18.7. The first-order valence-electron chi connectivity index (χ1n) is 8.35. The van der Waals surface area contributed by atoms with Crippen LogP contribution in [0.4, 0.5) is 4.79 Å². The smallest absolute Gasteiger partial charge is 0.331 e. The predicted octanol–water partition coefficient (Wildman–Crippen LogP) is 2.45. The van der Waals surface area contributed by atoms with Crippen molar-refractivity contribution in [2.24, 2.45) is 0 Å². The van der Waals surface area contributed by atoms with Crippen LogP contribution >= 0.6 is 0 Å². The van der Waals surface area contributed by atoms with E-state index in [0.29, 0.717) is 25.9 Å². The molecule has 1 aromatic rings. The molecule has 2 rings (SSSR count). The lowest BCUT2D eigenvalue weighted by Gasteiger charge is -2.29. The molecule has 1 aliphatic heterocycles. The van der Waals surface area contributed by atoms with E-state index >= 15 is 0 Å². The molecule has 0 radical (unpaired) electrons. The van der Waals surface area contributed by atoms with E-state index in [1.807, 2.05) is 29.0 Å². The van der Waals surface area contributed by atoms with E-state index in [0.717, 1.165) is 16.5 Å². The number of aliphatic hydroxyl groups is 1. The molecule has 0 bridgehead atoms. The van der Waals surface area contributed by atoms with Crippen LogP contribution in [0.15, 0.2) is 29.7 Å². The van der Waals surface area contributed by atoms with Gasteiger partial charge in [-0.15, -0.1) is 0 Å². The predicted molar refractivity (Wildman–Crippen MR) is 98.4 cm³/mol. The molecule has 1 fully saturated rings. The summed E-state index contributed by atoms with van der Waals surface area (Å²) in [5.41, 5.74) is 1.93. The van der Waals surface area contributed by atoms with Gasteiger partial charge in [-0.1, -0.05) is 45.0 Å². The Hall–Kier alpha value is -1.86. The molecule has 6 nitrogen and oxygen atoms in total. The molecule has 25 heavy (non-hydrogen) atoms. The van der Waals surface area contributed by atoms with Crippen LogP contribution in [0, 0.1) is 0 Å². The van der Waals surface area contributed by atoms with Crippen molar-refractivity contribution in [3.63, 3.8) is 0 Å². The van der Waals surface area contributed by atoms with Gasteiger partial charge in [-0.2, -0.15) is 0 Å². The summed E-state index contributed by atoms with van der Waals surface area (Å²) < 4.78 is 26.1. The van der Waals surface area contributed by atoms with Gasteiger partial charge in [0.25, 0.3) is 10.0 Å². The Morgan fingerprint density at radius 3 is 2.28 bits per heavy atom. The van der Waals surface area contributed by atoms with Crippen LogP contribution in [-0.2, 0) is 15.4 Å². The Morgan fingerprint density at radius 1 is 1.20 bits per heavy atom. The topological polar surface area (TPSA) is 86.7 Å². The fourth-order valence-corrected chi connectivity index (χ4v) is 3.33. The Bertz CT molecular complexity index is 725. The molecular formula is C18H26N2O4S. The maximum absolute atomic E-state index is 12.1. The maximum Gasteiger partial charge on any atom is 0.331 e. The molecule has 1 heterocycles. The molecule has 0 unspecified atom stereocenters. The maximum atomic E-state index is 12.1. The number of nitrogens with zero attached hydrogens (tertiary/aromatic N) is 1. The van der Waals surface area contributed by atoms with Crippen molar-refractivity contribution in [2.75, 3.05) is 13.1 Å². The highest BCUT2D eigenvalue weighted by Gasteiger charge is 2.23. The molecule has 7 heteroatoms. The number of hydrogen-bond acceptors (Lipinski definition) is 4. The minimum absolute atomic E-state index is 0.0321. The van der Waals surface area contributed by atoms with Crippen molar-refractivity contribution in [1.29, 1.82) is 0 Å². The third-order valence-electron chi connectivity index (χ3n) is 4.20. The number of aliphatic hydroxyl groups excluding tert-OH is 1. The lowest BCUT2D eigenvalue weighted by molar-refractivity contribution is 0.0952. The molecule has 0 spiro atoms. The number of benzene rings is 1. The van der Waals surface area contributed by atoms with Gasteiger partial charge in [-0.3, -0.25) is 0 Å². The molecule has 2 amide bonds. The second-order valence-corrected chi connectivity index (χ2v) is 8.91. The summed E-state index contributed by atoms with van der Waals surface area (Å²) in [5, 5.41) is 10.4. The van der Waals surface area contributed by atoms with Crippen LogP contribution < -0.4 is 4.72 Å². The number of piperidine rings is 1. The lowest BCUT2D eigenvalue weighted by atomic mass is 9.87. The highest BCUT2D eigenvalue weighted by atomic mass is 32.2. The largest absolute Gasteiger partial charge is 0.393 e. The van der Waals surface area contributed by atoms with E-state index in [2.05, 4.69) is 20.8 Å². The van der Waals surface area contributed by atoms with Crippen molar-refractivity contribution >= 4 is 22.1 Å². The highest BCUT2D eigenvalue weighted by Crippen LogP contribution is 2.22. The Morgan fingerprint density at radius 2 is 1.76 bits per heavy atom. The first-order chi connectivity index (χ1) is 11.6. The van der Waals surface area contributed by atoms with Crippen molar-refractivity contribution in [1.82, 2.24) is 9.62 Å². The molecule has 0 atom stereocenters. The third kappa shape index (κ3) is 5.86. The number of urea groups is 1. The second-order valence-electron chi connectivity index (χ2n) is 7.35. The Balaban J connectivity index is 1.98. The monoisotopic (exact) mass is 366 g/mol. The molecule has 1 aliphatic rings. The van der Waals surface area contributed by atoms with Gasteiger partial charge in [-0.05, 0) is 35.5 Å². The van der Waals surface area contributed by atoms with E-state index in [1.165, 1.54) is 11.0 Å². The molecule has 138 valence electrons. The number of hydrogen-bond donors (Lipinski definition) is 2. The number of likely N-dealkylation sites (tertiary alicyclic amines) is 1. The van der Waals surface area contributed by atoms with Gasteiger partial charge < -0.3 is 10.0 Å². The number of carbonyl (C=O) groups is 1. The minimum Gasteiger partial charge on any atom is -0.393 e. The van der Waals surface area contributed by atoms with Gasteiger partial charge in [0.1, 0.15) is 0 Å². The number of carbonyl (C=O) groups excluding carboxylic acids is 1. The number of amides is 2. The average molecular weight is 366 g/mol. The zero-order valence-electron chi connectivity index (χ0n) is 14.9. The van der Waals surface area contributed by atoms with E-state index in [9.17, 15) is 18.3 Å². The van der Waals surface area contributed by atoms with Gasteiger partial charge in [0.15, 0.2) is 0 Å². The van der Waals surface area contributed by atoms with Crippen molar-refractivity contribution in [3.05, 3.63) is 40.8 Å². The summed E-state index contributed by atoms with van der Waals surface area (Å²) in [6.07, 6.45) is 1.96. The number of rotatable bonds is 3. The molecule has 1 aromatic carbocycles. The zero-order valence-corrected chi connectivity index (χ0v) is 15.7. The quantitative estimate of drug-likeness (QED) is 0.860. The fraction of sp³-hybridized carbons (Fsp3) is 0.500. The highest BCUT2D eigenvalue weighted by molar-refractivity contribution is 7.93. The van der Waals surface area contributed by atoms with Gasteiger partial charge in [0.05, 0.1) is 11.5 Å². The summed E-state index contributed by atoms with van der Waals surface area (Å²) in [6.45, 7) is 7.02. The van der Waals surface area contributed by atoms with Gasteiger partial charge in [0.2, 0.25) is 0 Å². The summed E-state index contributed by atoms with van der Waals surface area (Å²) in [4.78, 5) is 13.4. The van der Waals surface area contributed by atoms with Crippen molar-refractivity contribution in [2.45, 2.75) is 45.1 Å². The molecule has 0 aliphatic carbocycles. The van der Waals surface area contributed by atoms with Crippen LogP contribution in [0.25, 0.3) is 6.08 Å². The number of nitrogens with one attached hydrogen (secondary N) is 1. The van der Waals surface area contributed by atoms with Crippen molar-refractivity contribution in [3.8, 4) is 0 Å². The van der Waals surface area contributed by atoms with Gasteiger partial charge >= 0.3 is 6.03 Å². The van der Waals surface area contributed by atoms with E-state index in [-0.39, 0.29) is 5.41 Å². The SMILES string of the molecule is CC(C)(C)c1ccc(C=CS(=O)(=O)NC(=O)N2CCC(O)CC2)cc1.